The molecule has 0 radical (unpaired) electrons. The Kier molecular flexibility index (Phi) is 4.05. The molecule has 27 heavy (non-hydrogen) atoms. The van der Waals surface area contributed by atoms with Gasteiger partial charge in [-0.3, -0.25) is 4.79 Å². The van der Waals surface area contributed by atoms with E-state index < -0.39 is 24.4 Å². The minimum Gasteiger partial charge on any atom is -0.487 e. The summed E-state index contributed by atoms with van der Waals surface area (Å²) < 4.78 is 47.0. The summed E-state index contributed by atoms with van der Waals surface area (Å²) in [5, 5.41) is 0. The highest BCUT2D eigenvalue weighted by atomic mass is 19.3. The van der Waals surface area contributed by atoms with E-state index in [1.54, 1.807) is 35.1 Å². The SMILES string of the molecule is CC(F)(F)COc1ccc([C@H]2CC(=O)N2c2ccn3ccnc3c2)c(F)c1. The molecule has 1 amide bonds. The number of halogens is 3. The Morgan fingerprint density at radius 2 is 2.07 bits per heavy atom. The maximum absolute atomic E-state index is 14.5. The predicted molar refractivity (Wildman–Crippen MR) is 92.6 cm³/mol. The van der Waals surface area contributed by atoms with E-state index in [9.17, 15) is 18.0 Å². The normalized spacial score (nSPS) is 17.3. The molecule has 2 aromatic heterocycles. The Balaban J connectivity index is 1.58. The van der Waals surface area contributed by atoms with E-state index in [2.05, 4.69) is 4.98 Å². The molecule has 0 spiro atoms. The number of hydrogen-bond donors (Lipinski definition) is 0. The highest BCUT2D eigenvalue weighted by Gasteiger charge is 2.40. The van der Waals surface area contributed by atoms with Gasteiger partial charge in [-0.15, -0.1) is 0 Å². The number of rotatable bonds is 5. The van der Waals surface area contributed by atoms with E-state index >= 15 is 0 Å². The molecule has 0 unspecified atom stereocenters. The Bertz CT molecular complexity index is 1010. The first-order valence-electron chi connectivity index (χ1n) is 8.37. The van der Waals surface area contributed by atoms with Crippen LogP contribution >= 0.6 is 0 Å². The molecular weight excluding hydrogens is 359 g/mol. The minimum atomic E-state index is -3.00. The highest BCUT2D eigenvalue weighted by molar-refractivity contribution is 6.01. The van der Waals surface area contributed by atoms with Crippen molar-refractivity contribution in [1.29, 1.82) is 0 Å². The van der Waals surface area contributed by atoms with Gasteiger partial charge in [0.2, 0.25) is 5.91 Å². The number of pyridine rings is 1. The third-order valence-electron chi connectivity index (χ3n) is 4.43. The Labute approximate surface area is 153 Å². The molecule has 5 nitrogen and oxygen atoms in total. The number of fused-ring (bicyclic) bond motifs is 1. The fourth-order valence-electron chi connectivity index (χ4n) is 3.12. The van der Waals surface area contributed by atoms with Crippen LogP contribution in [-0.4, -0.2) is 27.8 Å². The quantitative estimate of drug-likeness (QED) is 0.634. The van der Waals surface area contributed by atoms with Crippen LogP contribution in [0.5, 0.6) is 5.75 Å². The second-order valence-corrected chi connectivity index (χ2v) is 6.60. The average molecular weight is 375 g/mol. The van der Waals surface area contributed by atoms with E-state index in [0.29, 0.717) is 16.9 Å². The lowest BCUT2D eigenvalue weighted by molar-refractivity contribution is -0.124. The number of imidazole rings is 1. The minimum absolute atomic E-state index is 0.0220. The van der Waals surface area contributed by atoms with Crippen LogP contribution in [0.3, 0.4) is 0 Å². The van der Waals surface area contributed by atoms with Crippen LogP contribution in [-0.2, 0) is 4.79 Å². The summed E-state index contributed by atoms with van der Waals surface area (Å²) in [5.41, 5.74) is 1.62. The van der Waals surface area contributed by atoms with Gasteiger partial charge in [0.15, 0.2) is 6.61 Å². The van der Waals surface area contributed by atoms with Crippen molar-refractivity contribution in [3.05, 3.63) is 60.3 Å². The lowest BCUT2D eigenvalue weighted by Crippen LogP contribution is -2.47. The maximum atomic E-state index is 14.5. The van der Waals surface area contributed by atoms with E-state index in [1.165, 1.54) is 17.0 Å². The summed E-state index contributed by atoms with van der Waals surface area (Å²) in [6, 6.07) is 7.02. The van der Waals surface area contributed by atoms with Gasteiger partial charge in [0.25, 0.3) is 5.92 Å². The molecule has 1 fully saturated rings. The highest BCUT2D eigenvalue weighted by Crippen LogP contribution is 2.40. The lowest BCUT2D eigenvalue weighted by atomic mass is 9.92. The van der Waals surface area contributed by atoms with Crippen molar-refractivity contribution in [1.82, 2.24) is 9.38 Å². The van der Waals surface area contributed by atoms with E-state index in [0.717, 1.165) is 13.0 Å². The summed E-state index contributed by atoms with van der Waals surface area (Å²) >= 11 is 0. The third kappa shape index (κ3) is 3.34. The van der Waals surface area contributed by atoms with Gasteiger partial charge < -0.3 is 14.0 Å². The van der Waals surface area contributed by atoms with Crippen molar-refractivity contribution in [2.45, 2.75) is 25.3 Å². The van der Waals surface area contributed by atoms with E-state index in [-0.39, 0.29) is 18.1 Å². The van der Waals surface area contributed by atoms with E-state index in [4.69, 9.17) is 4.74 Å². The first-order valence-corrected chi connectivity index (χ1v) is 8.37. The number of carbonyl (C=O) groups is 1. The van der Waals surface area contributed by atoms with Gasteiger partial charge in [-0.25, -0.2) is 18.2 Å². The zero-order valence-electron chi connectivity index (χ0n) is 14.4. The molecule has 140 valence electrons. The third-order valence-corrected chi connectivity index (χ3v) is 4.43. The summed E-state index contributed by atoms with van der Waals surface area (Å²) in [7, 11) is 0. The largest absolute Gasteiger partial charge is 0.487 e. The molecule has 0 aliphatic carbocycles. The van der Waals surface area contributed by atoms with Crippen molar-refractivity contribution in [2.75, 3.05) is 11.5 Å². The zero-order chi connectivity index (χ0) is 19.2. The first-order chi connectivity index (χ1) is 12.8. The number of nitrogens with zero attached hydrogens (tertiary/aromatic N) is 3. The predicted octanol–water partition coefficient (Wildman–Crippen LogP) is 3.99. The molecule has 3 heterocycles. The van der Waals surface area contributed by atoms with Gasteiger partial charge in [0, 0.05) is 48.9 Å². The fraction of sp³-hybridized carbons (Fsp3) is 0.263. The van der Waals surface area contributed by atoms with Crippen LogP contribution in [0.25, 0.3) is 5.65 Å². The number of amides is 1. The Hall–Kier alpha value is -3.03. The van der Waals surface area contributed by atoms with Gasteiger partial charge in [0.05, 0.1) is 12.5 Å². The van der Waals surface area contributed by atoms with Gasteiger partial charge in [-0.1, -0.05) is 6.07 Å². The monoisotopic (exact) mass is 375 g/mol. The average Bonchev–Trinajstić information content (AvgIpc) is 3.05. The summed E-state index contributed by atoms with van der Waals surface area (Å²) in [4.78, 5) is 17.8. The molecule has 1 aliphatic heterocycles. The maximum Gasteiger partial charge on any atom is 0.278 e. The molecule has 3 aromatic rings. The topological polar surface area (TPSA) is 46.8 Å². The van der Waals surface area contributed by atoms with Gasteiger partial charge in [-0.05, 0) is 12.1 Å². The molecular formula is C19H16F3N3O2. The van der Waals surface area contributed by atoms with Crippen LogP contribution in [0.15, 0.2) is 48.9 Å². The Morgan fingerprint density at radius 1 is 1.26 bits per heavy atom. The smallest absolute Gasteiger partial charge is 0.278 e. The molecule has 0 saturated carbocycles. The number of aromatic nitrogens is 2. The molecule has 1 aromatic carbocycles. The number of ether oxygens (including phenoxy) is 1. The van der Waals surface area contributed by atoms with Crippen molar-refractivity contribution in [2.24, 2.45) is 0 Å². The number of benzene rings is 1. The molecule has 1 atom stereocenters. The van der Waals surface area contributed by atoms with Crippen molar-refractivity contribution >= 4 is 17.2 Å². The lowest BCUT2D eigenvalue weighted by Gasteiger charge is -2.40. The van der Waals surface area contributed by atoms with E-state index in [1.807, 2.05) is 0 Å². The molecule has 4 rings (SSSR count). The van der Waals surface area contributed by atoms with Crippen LogP contribution in [0, 0.1) is 5.82 Å². The number of anilines is 1. The fourth-order valence-corrected chi connectivity index (χ4v) is 3.12. The molecule has 0 N–H and O–H groups in total. The standard InChI is InChI=1S/C19H16F3N3O2/c1-19(21,22)11-27-13-2-3-14(15(20)9-13)16-10-18(26)25(16)12-4-6-24-7-5-23-17(24)8-12/h2-9,16H,10-11H2,1H3/t16-/m1/s1. The Morgan fingerprint density at radius 3 is 2.78 bits per heavy atom. The van der Waals surface area contributed by atoms with Crippen molar-refractivity contribution in [3.63, 3.8) is 0 Å². The molecule has 0 bridgehead atoms. The van der Waals surface area contributed by atoms with Crippen molar-refractivity contribution < 1.29 is 22.7 Å². The summed E-state index contributed by atoms with van der Waals surface area (Å²) in [6.45, 7) is -0.101. The summed E-state index contributed by atoms with van der Waals surface area (Å²) in [6.07, 6.45) is 5.38. The number of carbonyl (C=O) groups excluding carboxylic acids is 1. The van der Waals surface area contributed by atoms with Crippen LogP contribution in [0.4, 0.5) is 18.9 Å². The summed E-state index contributed by atoms with van der Waals surface area (Å²) in [5.74, 6) is -3.70. The van der Waals surface area contributed by atoms with Crippen LogP contribution in [0.2, 0.25) is 0 Å². The molecule has 1 saturated heterocycles. The second kappa shape index (κ2) is 6.29. The van der Waals surface area contributed by atoms with Crippen molar-refractivity contribution in [3.8, 4) is 5.75 Å². The first kappa shape index (κ1) is 17.4. The number of β-lactam (4-membered cyclic amide) rings is 1. The van der Waals surface area contributed by atoms with Crippen LogP contribution < -0.4 is 9.64 Å². The second-order valence-electron chi connectivity index (χ2n) is 6.60. The van der Waals surface area contributed by atoms with Crippen LogP contribution in [0.1, 0.15) is 24.9 Å². The van der Waals surface area contributed by atoms with Gasteiger partial charge in [-0.2, -0.15) is 0 Å². The van der Waals surface area contributed by atoms with Gasteiger partial charge in [0.1, 0.15) is 17.2 Å². The van der Waals surface area contributed by atoms with Gasteiger partial charge >= 0.3 is 0 Å². The number of hydrogen-bond acceptors (Lipinski definition) is 3. The molecule has 8 heteroatoms. The molecule has 1 aliphatic rings. The zero-order valence-corrected chi connectivity index (χ0v) is 14.4. The number of alkyl halides is 2.